The zero-order valence-electron chi connectivity index (χ0n) is 12.9. The molecule has 0 amide bonds. The van der Waals surface area contributed by atoms with Crippen LogP contribution in [0, 0.1) is 5.92 Å². The van der Waals surface area contributed by atoms with Crippen molar-refractivity contribution < 1.29 is 4.74 Å². The smallest absolute Gasteiger partial charge is 0.122 e. The molecule has 3 heteroatoms. The summed E-state index contributed by atoms with van der Waals surface area (Å²) in [4.78, 5) is 2.63. The van der Waals surface area contributed by atoms with Crippen LogP contribution in [-0.2, 0) is 6.42 Å². The maximum absolute atomic E-state index is 5.41. The van der Waals surface area contributed by atoms with Crippen molar-refractivity contribution in [3.8, 4) is 5.75 Å². The third kappa shape index (κ3) is 4.50. The molecule has 1 unspecified atom stereocenters. The Balaban J connectivity index is 1.75. The molecule has 3 nitrogen and oxygen atoms in total. The van der Waals surface area contributed by atoms with Crippen molar-refractivity contribution in [2.75, 3.05) is 40.3 Å². The van der Waals surface area contributed by atoms with Crippen LogP contribution in [0.15, 0.2) is 24.3 Å². The first kappa shape index (κ1) is 15.3. The first-order chi connectivity index (χ1) is 9.83. The normalized spacial score (nSPS) is 20.0. The van der Waals surface area contributed by atoms with E-state index in [2.05, 4.69) is 35.5 Å². The Kier molecular flexibility index (Phi) is 6.34. The number of rotatable bonds is 7. The number of benzene rings is 1. The van der Waals surface area contributed by atoms with Gasteiger partial charge in [0, 0.05) is 6.54 Å². The fourth-order valence-electron chi connectivity index (χ4n) is 3.21. The monoisotopic (exact) mass is 276 g/mol. The van der Waals surface area contributed by atoms with E-state index in [4.69, 9.17) is 4.74 Å². The largest absolute Gasteiger partial charge is 0.496 e. The zero-order chi connectivity index (χ0) is 14.2. The second-order valence-corrected chi connectivity index (χ2v) is 5.78. The molecular formula is C17H28N2O. The van der Waals surface area contributed by atoms with Crippen LogP contribution in [0.5, 0.6) is 5.75 Å². The molecule has 1 saturated heterocycles. The Hall–Kier alpha value is -1.06. The van der Waals surface area contributed by atoms with Gasteiger partial charge in [0.1, 0.15) is 5.75 Å². The van der Waals surface area contributed by atoms with Gasteiger partial charge in [-0.15, -0.1) is 0 Å². The molecule has 1 N–H and O–H groups in total. The Morgan fingerprint density at radius 3 is 3.00 bits per heavy atom. The van der Waals surface area contributed by atoms with Crippen LogP contribution in [0.25, 0.3) is 0 Å². The topological polar surface area (TPSA) is 24.5 Å². The molecule has 1 aliphatic rings. The lowest BCUT2D eigenvalue weighted by atomic mass is 9.97. The summed E-state index contributed by atoms with van der Waals surface area (Å²) >= 11 is 0. The lowest BCUT2D eigenvalue weighted by molar-refractivity contribution is 0.172. The second kappa shape index (κ2) is 8.28. The Morgan fingerprint density at radius 1 is 1.35 bits per heavy atom. The number of nitrogens with zero attached hydrogens (tertiary/aromatic N) is 1. The minimum Gasteiger partial charge on any atom is -0.496 e. The summed E-state index contributed by atoms with van der Waals surface area (Å²) in [6.45, 7) is 4.89. The van der Waals surface area contributed by atoms with Gasteiger partial charge in [0.05, 0.1) is 7.11 Å². The standard InChI is InChI=1S/C17H28N2O/c1-18-13-15-7-5-11-19(14-15)12-6-9-16-8-3-4-10-17(16)20-2/h3-4,8,10,15,18H,5-7,9,11-14H2,1-2H3. The summed E-state index contributed by atoms with van der Waals surface area (Å²) in [5, 5.41) is 3.31. The molecule has 0 radical (unpaired) electrons. The van der Waals surface area contributed by atoms with Crippen molar-refractivity contribution in [1.82, 2.24) is 10.2 Å². The minimum atomic E-state index is 0.833. The molecular weight excluding hydrogens is 248 g/mol. The van der Waals surface area contributed by atoms with Crippen molar-refractivity contribution in [2.24, 2.45) is 5.92 Å². The summed E-state index contributed by atoms with van der Waals surface area (Å²) in [6.07, 6.45) is 5.05. The van der Waals surface area contributed by atoms with Crippen LogP contribution < -0.4 is 10.1 Å². The predicted molar refractivity (Wildman–Crippen MR) is 84.4 cm³/mol. The molecule has 1 aromatic rings. The molecule has 1 aromatic carbocycles. The highest BCUT2D eigenvalue weighted by atomic mass is 16.5. The van der Waals surface area contributed by atoms with Crippen LogP contribution in [0.2, 0.25) is 0 Å². The van der Waals surface area contributed by atoms with Gasteiger partial charge in [-0.2, -0.15) is 0 Å². The van der Waals surface area contributed by atoms with Gasteiger partial charge in [-0.1, -0.05) is 18.2 Å². The van der Waals surface area contributed by atoms with E-state index in [1.165, 1.54) is 44.5 Å². The number of piperidine rings is 1. The van der Waals surface area contributed by atoms with Crippen LogP contribution >= 0.6 is 0 Å². The third-order valence-corrected chi connectivity index (χ3v) is 4.21. The van der Waals surface area contributed by atoms with Crippen molar-refractivity contribution in [3.63, 3.8) is 0 Å². The number of hydrogen-bond acceptors (Lipinski definition) is 3. The molecule has 20 heavy (non-hydrogen) atoms. The van der Waals surface area contributed by atoms with Gasteiger partial charge in [0.25, 0.3) is 0 Å². The van der Waals surface area contributed by atoms with Gasteiger partial charge in [0.15, 0.2) is 0 Å². The summed E-state index contributed by atoms with van der Waals surface area (Å²) in [5.74, 6) is 1.86. The number of aryl methyl sites for hydroxylation is 1. The molecule has 0 aliphatic carbocycles. The van der Waals surface area contributed by atoms with E-state index in [1.54, 1.807) is 7.11 Å². The van der Waals surface area contributed by atoms with E-state index >= 15 is 0 Å². The van der Waals surface area contributed by atoms with Crippen LogP contribution in [0.3, 0.4) is 0 Å². The summed E-state index contributed by atoms with van der Waals surface area (Å²) in [7, 11) is 3.81. The highest BCUT2D eigenvalue weighted by molar-refractivity contribution is 5.33. The molecule has 0 saturated carbocycles. The Bertz CT molecular complexity index is 392. The number of methoxy groups -OCH3 is 1. The van der Waals surface area contributed by atoms with E-state index in [0.717, 1.165) is 24.6 Å². The van der Waals surface area contributed by atoms with Crippen molar-refractivity contribution in [1.29, 1.82) is 0 Å². The van der Waals surface area contributed by atoms with Gasteiger partial charge >= 0.3 is 0 Å². The van der Waals surface area contributed by atoms with Gasteiger partial charge in [-0.3, -0.25) is 0 Å². The molecule has 1 heterocycles. The molecule has 0 spiro atoms. The van der Waals surface area contributed by atoms with Gasteiger partial charge < -0.3 is 15.0 Å². The average molecular weight is 276 g/mol. The maximum atomic E-state index is 5.41. The number of hydrogen-bond donors (Lipinski definition) is 1. The fraction of sp³-hybridized carbons (Fsp3) is 0.647. The second-order valence-electron chi connectivity index (χ2n) is 5.78. The van der Waals surface area contributed by atoms with Gasteiger partial charge in [0.2, 0.25) is 0 Å². The van der Waals surface area contributed by atoms with E-state index in [1.807, 2.05) is 6.07 Å². The van der Waals surface area contributed by atoms with E-state index in [-0.39, 0.29) is 0 Å². The fourth-order valence-corrected chi connectivity index (χ4v) is 3.21. The Morgan fingerprint density at radius 2 is 2.20 bits per heavy atom. The highest BCUT2D eigenvalue weighted by Crippen LogP contribution is 2.20. The molecule has 0 aromatic heterocycles. The van der Waals surface area contributed by atoms with E-state index in [0.29, 0.717) is 0 Å². The highest BCUT2D eigenvalue weighted by Gasteiger charge is 2.18. The lowest BCUT2D eigenvalue weighted by Gasteiger charge is -2.32. The molecule has 112 valence electrons. The summed E-state index contributed by atoms with van der Waals surface area (Å²) < 4.78 is 5.41. The van der Waals surface area contributed by atoms with Crippen LogP contribution in [0.1, 0.15) is 24.8 Å². The third-order valence-electron chi connectivity index (χ3n) is 4.21. The maximum Gasteiger partial charge on any atom is 0.122 e. The molecule has 1 aliphatic heterocycles. The minimum absolute atomic E-state index is 0.833. The van der Waals surface area contributed by atoms with Gasteiger partial charge in [-0.25, -0.2) is 0 Å². The SMILES string of the molecule is CNCC1CCCN(CCCc2ccccc2OC)C1. The van der Waals surface area contributed by atoms with E-state index < -0.39 is 0 Å². The van der Waals surface area contributed by atoms with Crippen molar-refractivity contribution in [3.05, 3.63) is 29.8 Å². The molecule has 0 bridgehead atoms. The predicted octanol–water partition coefficient (Wildman–Crippen LogP) is 2.56. The quantitative estimate of drug-likeness (QED) is 0.828. The van der Waals surface area contributed by atoms with Crippen LogP contribution in [-0.4, -0.2) is 45.2 Å². The van der Waals surface area contributed by atoms with Crippen molar-refractivity contribution >= 4 is 0 Å². The van der Waals surface area contributed by atoms with Crippen molar-refractivity contribution in [2.45, 2.75) is 25.7 Å². The van der Waals surface area contributed by atoms with Crippen LogP contribution in [0.4, 0.5) is 0 Å². The first-order valence-corrected chi connectivity index (χ1v) is 7.82. The summed E-state index contributed by atoms with van der Waals surface area (Å²) in [6, 6.07) is 8.37. The average Bonchev–Trinajstić information content (AvgIpc) is 2.48. The summed E-state index contributed by atoms with van der Waals surface area (Å²) in [5.41, 5.74) is 1.33. The Labute approximate surface area is 123 Å². The molecule has 1 fully saturated rings. The number of ether oxygens (including phenoxy) is 1. The molecule has 2 rings (SSSR count). The number of nitrogens with one attached hydrogen (secondary N) is 1. The number of para-hydroxylation sites is 1. The molecule has 1 atom stereocenters. The number of likely N-dealkylation sites (tertiary alicyclic amines) is 1. The lowest BCUT2D eigenvalue weighted by Crippen LogP contribution is -2.39. The van der Waals surface area contributed by atoms with Gasteiger partial charge in [-0.05, 0) is 69.9 Å². The van der Waals surface area contributed by atoms with E-state index in [9.17, 15) is 0 Å². The zero-order valence-corrected chi connectivity index (χ0v) is 12.9. The first-order valence-electron chi connectivity index (χ1n) is 7.82.